The first-order chi connectivity index (χ1) is 14.6. The van der Waals surface area contributed by atoms with E-state index in [2.05, 4.69) is 54.4 Å². The van der Waals surface area contributed by atoms with Gasteiger partial charge in [0.05, 0.1) is 24.3 Å². The van der Waals surface area contributed by atoms with E-state index >= 15 is 0 Å². The minimum atomic E-state index is 0.397. The number of hydrogen-bond donors (Lipinski definition) is 0. The summed E-state index contributed by atoms with van der Waals surface area (Å²) < 4.78 is 5.93. The number of aryl methyl sites for hydroxylation is 1. The molecule has 4 aromatic rings. The molecule has 9 nitrogen and oxygen atoms in total. The van der Waals surface area contributed by atoms with Crippen molar-refractivity contribution in [2.24, 2.45) is 7.05 Å². The quantitative estimate of drug-likeness (QED) is 0.507. The number of piperazine rings is 1. The zero-order chi connectivity index (χ0) is 20.7. The van der Waals surface area contributed by atoms with Crippen LogP contribution >= 0.6 is 0 Å². The van der Waals surface area contributed by atoms with Gasteiger partial charge in [0.25, 0.3) is 0 Å². The van der Waals surface area contributed by atoms with Crippen LogP contribution in [0.5, 0.6) is 0 Å². The van der Waals surface area contributed by atoms with Crippen molar-refractivity contribution in [3.8, 4) is 11.3 Å². The van der Waals surface area contributed by atoms with E-state index in [4.69, 9.17) is 0 Å². The third-order valence-corrected chi connectivity index (χ3v) is 5.67. The Morgan fingerprint density at radius 3 is 2.50 bits per heavy atom. The zero-order valence-electron chi connectivity index (χ0n) is 17.7. The molecule has 1 fully saturated rings. The largest absolute Gasteiger partial charge is 0.351 e. The Morgan fingerprint density at radius 1 is 0.967 bits per heavy atom. The van der Waals surface area contributed by atoms with E-state index < -0.39 is 0 Å². The first-order valence-electron chi connectivity index (χ1n) is 10.4. The van der Waals surface area contributed by atoms with Gasteiger partial charge >= 0.3 is 0 Å². The lowest BCUT2D eigenvalue weighted by atomic mass is 10.2. The third-order valence-electron chi connectivity index (χ3n) is 5.67. The molecule has 0 radical (unpaired) electrons. The molecule has 5 heterocycles. The highest BCUT2D eigenvalue weighted by Crippen LogP contribution is 2.25. The van der Waals surface area contributed by atoms with Gasteiger partial charge in [0.1, 0.15) is 0 Å². The van der Waals surface area contributed by atoms with E-state index in [1.165, 1.54) is 5.56 Å². The van der Waals surface area contributed by atoms with Gasteiger partial charge in [0, 0.05) is 81.7 Å². The van der Waals surface area contributed by atoms with E-state index in [0.717, 1.165) is 55.4 Å². The van der Waals surface area contributed by atoms with Crippen molar-refractivity contribution in [1.82, 2.24) is 38.8 Å². The van der Waals surface area contributed by atoms with Gasteiger partial charge in [-0.05, 0) is 13.8 Å². The Kier molecular flexibility index (Phi) is 4.74. The van der Waals surface area contributed by atoms with Gasteiger partial charge in [-0.25, -0.2) is 9.97 Å². The highest BCUT2D eigenvalue weighted by atomic mass is 15.3. The maximum Gasteiger partial charge on any atom is 0.180 e. The normalized spacial score (nSPS) is 15.5. The summed E-state index contributed by atoms with van der Waals surface area (Å²) in [5.41, 5.74) is 4.24. The zero-order valence-corrected chi connectivity index (χ0v) is 17.7. The van der Waals surface area contributed by atoms with E-state index in [9.17, 15) is 0 Å². The summed E-state index contributed by atoms with van der Waals surface area (Å²) in [7, 11) is 1.92. The second kappa shape index (κ2) is 7.56. The molecular weight excluding hydrogens is 378 g/mol. The summed E-state index contributed by atoms with van der Waals surface area (Å²) in [6.45, 7) is 9.08. The molecular formula is C21H27N9. The SMILES string of the molecule is CC(C)n1cc(CN2CCN(c3nccn4c(-c5cnn(C)c5)cnc34)CC2)cn1. The fourth-order valence-corrected chi connectivity index (χ4v) is 4.01. The molecule has 156 valence electrons. The van der Waals surface area contributed by atoms with Crippen LogP contribution in [0.1, 0.15) is 25.5 Å². The molecule has 0 aromatic carbocycles. The lowest BCUT2D eigenvalue weighted by Gasteiger charge is -2.35. The minimum absolute atomic E-state index is 0.397. The Balaban J connectivity index is 1.30. The molecule has 0 saturated carbocycles. The monoisotopic (exact) mass is 405 g/mol. The van der Waals surface area contributed by atoms with Crippen LogP contribution in [0.15, 0.2) is 43.4 Å². The van der Waals surface area contributed by atoms with E-state index in [0.29, 0.717) is 6.04 Å². The number of fused-ring (bicyclic) bond motifs is 1. The molecule has 1 aliphatic rings. The fourth-order valence-electron chi connectivity index (χ4n) is 4.01. The molecule has 0 spiro atoms. The second-order valence-corrected chi connectivity index (χ2v) is 8.18. The summed E-state index contributed by atoms with van der Waals surface area (Å²) >= 11 is 0. The Hall–Kier alpha value is -3.20. The Labute approximate surface area is 175 Å². The van der Waals surface area contributed by atoms with Gasteiger partial charge in [-0.3, -0.25) is 18.7 Å². The summed E-state index contributed by atoms with van der Waals surface area (Å²) in [5, 5.41) is 8.74. The van der Waals surface area contributed by atoms with Crippen LogP contribution in [-0.2, 0) is 13.6 Å². The predicted molar refractivity (Wildman–Crippen MR) is 115 cm³/mol. The van der Waals surface area contributed by atoms with Crippen LogP contribution in [0.4, 0.5) is 5.82 Å². The number of hydrogen-bond acceptors (Lipinski definition) is 6. The molecule has 9 heteroatoms. The van der Waals surface area contributed by atoms with Crippen molar-refractivity contribution in [2.75, 3.05) is 31.1 Å². The van der Waals surface area contributed by atoms with Crippen LogP contribution < -0.4 is 4.90 Å². The van der Waals surface area contributed by atoms with Crippen molar-refractivity contribution < 1.29 is 0 Å². The molecule has 0 unspecified atom stereocenters. The van der Waals surface area contributed by atoms with E-state index in [1.807, 2.05) is 48.9 Å². The Morgan fingerprint density at radius 2 is 1.80 bits per heavy atom. The van der Waals surface area contributed by atoms with E-state index in [1.54, 1.807) is 4.68 Å². The lowest BCUT2D eigenvalue weighted by Crippen LogP contribution is -2.46. The molecule has 0 bridgehead atoms. The first-order valence-corrected chi connectivity index (χ1v) is 10.4. The molecule has 1 saturated heterocycles. The summed E-state index contributed by atoms with van der Waals surface area (Å²) in [6, 6.07) is 0.397. The van der Waals surface area contributed by atoms with Crippen molar-refractivity contribution in [2.45, 2.75) is 26.4 Å². The van der Waals surface area contributed by atoms with Gasteiger partial charge in [-0.15, -0.1) is 0 Å². The number of nitrogens with zero attached hydrogens (tertiary/aromatic N) is 9. The topological polar surface area (TPSA) is 72.3 Å². The van der Waals surface area contributed by atoms with Crippen LogP contribution in [0.3, 0.4) is 0 Å². The number of aromatic nitrogens is 7. The van der Waals surface area contributed by atoms with Crippen LogP contribution in [-0.4, -0.2) is 65.0 Å². The summed E-state index contributed by atoms with van der Waals surface area (Å²) in [6.07, 6.45) is 13.7. The van der Waals surface area contributed by atoms with Crippen LogP contribution in [0, 0.1) is 0 Å². The summed E-state index contributed by atoms with van der Waals surface area (Å²) in [4.78, 5) is 14.2. The van der Waals surface area contributed by atoms with Gasteiger partial charge in [0.15, 0.2) is 11.5 Å². The molecule has 1 aliphatic heterocycles. The fraction of sp³-hybridized carbons (Fsp3) is 0.429. The third kappa shape index (κ3) is 3.45. The number of rotatable bonds is 5. The maximum atomic E-state index is 4.68. The van der Waals surface area contributed by atoms with Crippen LogP contribution in [0.25, 0.3) is 16.9 Å². The molecule has 30 heavy (non-hydrogen) atoms. The van der Waals surface area contributed by atoms with Crippen molar-refractivity contribution in [1.29, 1.82) is 0 Å². The maximum absolute atomic E-state index is 4.68. The smallest absolute Gasteiger partial charge is 0.180 e. The molecule has 4 aromatic heterocycles. The average molecular weight is 406 g/mol. The molecule has 0 atom stereocenters. The minimum Gasteiger partial charge on any atom is -0.351 e. The first kappa shape index (κ1) is 18.8. The van der Waals surface area contributed by atoms with Crippen molar-refractivity contribution >= 4 is 11.5 Å². The van der Waals surface area contributed by atoms with Crippen LogP contribution in [0.2, 0.25) is 0 Å². The molecule has 5 rings (SSSR count). The van der Waals surface area contributed by atoms with Gasteiger partial charge in [-0.1, -0.05) is 0 Å². The standard InChI is InChI=1S/C21H27N9/c1-16(2)30-14-17(10-25-30)13-27-6-8-28(9-7-27)20-21-23-12-19(29(21)5-4-22-20)18-11-24-26(3)15-18/h4-5,10-12,14-16H,6-9,13H2,1-3H3. The van der Waals surface area contributed by atoms with Gasteiger partial charge in [-0.2, -0.15) is 10.2 Å². The predicted octanol–water partition coefficient (Wildman–Crippen LogP) is 2.23. The highest BCUT2D eigenvalue weighted by molar-refractivity contribution is 5.70. The average Bonchev–Trinajstić information content (AvgIpc) is 3.47. The Bertz CT molecular complexity index is 1140. The molecule has 0 aliphatic carbocycles. The summed E-state index contributed by atoms with van der Waals surface area (Å²) in [5.74, 6) is 0.944. The molecule has 0 N–H and O–H groups in total. The highest BCUT2D eigenvalue weighted by Gasteiger charge is 2.22. The number of anilines is 1. The van der Waals surface area contributed by atoms with Crippen molar-refractivity contribution in [3.05, 3.63) is 48.9 Å². The lowest BCUT2D eigenvalue weighted by molar-refractivity contribution is 0.249. The van der Waals surface area contributed by atoms with Gasteiger partial charge < -0.3 is 4.90 Å². The molecule has 0 amide bonds. The second-order valence-electron chi connectivity index (χ2n) is 8.18. The van der Waals surface area contributed by atoms with Crippen molar-refractivity contribution in [3.63, 3.8) is 0 Å². The van der Waals surface area contributed by atoms with Gasteiger partial charge in [0.2, 0.25) is 0 Å². The number of imidazole rings is 1. The van der Waals surface area contributed by atoms with E-state index in [-0.39, 0.29) is 0 Å².